The van der Waals surface area contributed by atoms with Gasteiger partial charge in [0.15, 0.2) is 0 Å². The highest BCUT2D eigenvalue weighted by Gasteiger charge is 2.16. The van der Waals surface area contributed by atoms with Gasteiger partial charge in [-0.1, -0.05) is 6.92 Å². The standard InChI is InChI=1S/C9H13FN2O2/c1-3-5-14-9(13)7-6-12(4-2)11-8(7)10/h6H,3-5H2,1-2H3. The average molecular weight is 200 g/mol. The second kappa shape index (κ2) is 4.74. The van der Waals surface area contributed by atoms with Gasteiger partial charge in [0.1, 0.15) is 5.56 Å². The Morgan fingerprint density at radius 3 is 2.86 bits per heavy atom. The van der Waals surface area contributed by atoms with E-state index in [2.05, 4.69) is 5.10 Å². The quantitative estimate of drug-likeness (QED) is 0.693. The van der Waals surface area contributed by atoms with Gasteiger partial charge >= 0.3 is 5.97 Å². The molecule has 0 saturated heterocycles. The van der Waals surface area contributed by atoms with E-state index in [-0.39, 0.29) is 5.56 Å². The summed E-state index contributed by atoms with van der Waals surface area (Å²) in [7, 11) is 0. The van der Waals surface area contributed by atoms with Gasteiger partial charge < -0.3 is 4.74 Å². The van der Waals surface area contributed by atoms with E-state index in [1.165, 1.54) is 10.9 Å². The summed E-state index contributed by atoms with van der Waals surface area (Å²) in [4.78, 5) is 11.2. The van der Waals surface area contributed by atoms with Gasteiger partial charge in [0, 0.05) is 12.7 Å². The summed E-state index contributed by atoms with van der Waals surface area (Å²) in [6.07, 6.45) is 2.07. The zero-order valence-corrected chi connectivity index (χ0v) is 8.29. The molecule has 0 saturated carbocycles. The van der Waals surface area contributed by atoms with Crippen LogP contribution >= 0.6 is 0 Å². The van der Waals surface area contributed by atoms with Crippen LogP contribution in [0.15, 0.2) is 6.20 Å². The lowest BCUT2D eigenvalue weighted by molar-refractivity contribution is 0.0499. The van der Waals surface area contributed by atoms with E-state index in [4.69, 9.17) is 4.74 Å². The Morgan fingerprint density at radius 2 is 2.36 bits per heavy atom. The maximum atomic E-state index is 13.0. The number of carbonyl (C=O) groups is 1. The van der Waals surface area contributed by atoms with Crippen LogP contribution < -0.4 is 0 Å². The smallest absolute Gasteiger partial charge is 0.344 e. The molecule has 0 radical (unpaired) electrons. The molecule has 1 rings (SSSR count). The summed E-state index contributed by atoms with van der Waals surface area (Å²) in [6, 6.07) is 0. The minimum atomic E-state index is -0.770. The fraction of sp³-hybridized carbons (Fsp3) is 0.556. The second-order valence-electron chi connectivity index (χ2n) is 2.83. The molecule has 0 aromatic carbocycles. The summed E-state index contributed by atoms with van der Waals surface area (Å²) < 4.78 is 19.2. The van der Waals surface area contributed by atoms with Gasteiger partial charge in [-0.3, -0.25) is 4.68 Å². The molecule has 5 heteroatoms. The molecule has 0 amide bonds. The molecule has 1 aromatic heterocycles. The third-order valence-electron chi connectivity index (χ3n) is 1.70. The zero-order chi connectivity index (χ0) is 10.6. The van der Waals surface area contributed by atoms with Gasteiger partial charge in [0.05, 0.1) is 6.61 Å². The van der Waals surface area contributed by atoms with E-state index in [1.807, 2.05) is 13.8 Å². The van der Waals surface area contributed by atoms with E-state index >= 15 is 0 Å². The second-order valence-corrected chi connectivity index (χ2v) is 2.83. The first-order valence-corrected chi connectivity index (χ1v) is 4.59. The van der Waals surface area contributed by atoms with Crippen molar-refractivity contribution in [2.45, 2.75) is 26.8 Å². The van der Waals surface area contributed by atoms with E-state index < -0.39 is 11.9 Å². The predicted molar refractivity (Wildman–Crippen MR) is 48.4 cm³/mol. The fourth-order valence-corrected chi connectivity index (χ4v) is 0.969. The molecule has 0 spiro atoms. The first-order chi connectivity index (χ1) is 6.69. The maximum absolute atomic E-state index is 13.0. The highest BCUT2D eigenvalue weighted by atomic mass is 19.1. The highest BCUT2D eigenvalue weighted by molar-refractivity contribution is 5.89. The Kier molecular flexibility index (Phi) is 3.62. The third-order valence-corrected chi connectivity index (χ3v) is 1.70. The Bertz CT molecular complexity index is 323. The van der Waals surface area contributed by atoms with Crippen molar-refractivity contribution in [2.24, 2.45) is 0 Å². The average Bonchev–Trinajstić information content (AvgIpc) is 2.56. The highest BCUT2D eigenvalue weighted by Crippen LogP contribution is 2.06. The first-order valence-electron chi connectivity index (χ1n) is 4.59. The van der Waals surface area contributed by atoms with Crippen LogP contribution in [0.1, 0.15) is 30.6 Å². The number of esters is 1. The van der Waals surface area contributed by atoms with Crippen LogP contribution in [0, 0.1) is 5.95 Å². The molecule has 1 heterocycles. The number of nitrogens with zero attached hydrogens (tertiary/aromatic N) is 2. The molecular weight excluding hydrogens is 187 g/mol. The van der Waals surface area contributed by atoms with Crippen LogP contribution in [-0.4, -0.2) is 22.4 Å². The molecule has 0 atom stereocenters. The number of hydrogen-bond donors (Lipinski definition) is 0. The van der Waals surface area contributed by atoms with Crippen molar-refractivity contribution in [1.82, 2.24) is 9.78 Å². The van der Waals surface area contributed by atoms with Crippen LogP contribution in [0.2, 0.25) is 0 Å². The van der Waals surface area contributed by atoms with Gasteiger partial charge in [-0.25, -0.2) is 4.79 Å². The van der Waals surface area contributed by atoms with E-state index in [0.717, 1.165) is 6.42 Å². The molecule has 0 aliphatic carbocycles. The Hall–Kier alpha value is -1.39. The summed E-state index contributed by atoms with van der Waals surface area (Å²) in [5.74, 6) is -1.42. The Labute approximate surface area is 81.7 Å². The molecular formula is C9H13FN2O2. The molecule has 0 aliphatic rings. The molecule has 4 nitrogen and oxygen atoms in total. The first kappa shape index (κ1) is 10.7. The lowest BCUT2D eigenvalue weighted by atomic mass is 10.3. The SMILES string of the molecule is CCCOC(=O)c1cn(CC)nc1F. The van der Waals surface area contributed by atoms with Crippen LogP contribution in [0.25, 0.3) is 0 Å². The lowest BCUT2D eigenvalue weighted by Crippen LogP contribution is -2.06. The number of ether oxygens (including phenoxy) is 1. The molecule has 1 aromatic rings. The van der Waals surface area contributed by atoms with Crippen molar-refractivity contribution in [3.05, 3.63) is 17.7 Å². The summed E-state index contributed by atoms with van der Waals surface area (Å²) in [5.41, 5.74) is -0.0969. The number of aryl methyl sites for hydroxylation is 1. The minimum absolute atomic E-state index is 0.0969. The number of hydrogen-bond acceptors (Lipinski definition) is 3. The van der Waals surface area contributed by atoms with Crippen LogP contribution in [0.4, 0.5) is 4.39 Å². The van der Waals surface area contributed by atoms with Gasteiger partial charge in [0.2, 0.25) is 5.95 Å². The van der Waals surface area contributed by atoms with Gasteiger partial charge in [-0.05, 0) is 13.3 Å². The summed E-state index contributed by atoms with van der Waals surface area (Å²) in [6.45, 7) is 4.51. The Balaban J connectivity index is 2.73. The third kappa shape index (κ3) is 2.31. The van der Waals surface area contributed by atoms with Crippen molar-refractivity contribution in [1.29, 1.82) is 0 Å². The van der Waals surface area contributed by atoms with Crippen molar-refractivity contribution in [3.63, 3.8) is 0 Å². The fourth-order valence-electron chi connectivity index (χ4n) is 0.969. The predicted octanol–water partition coefficient (Wildman–Crippen LogP) is 1.61. The molecule has 0 bridgehead atoms. The van der Waals surface area contributed by atoms with Gasteiger partial charge in [-0.2, -0.15) is 4.39 Å². The number of rotatable bonds is 4. The largest absolute Gasteiger partial charge is 0.462 e. The topological polar surface area (TPSA) is 44.1 Å². The van der Waals surface area contributed by atoms with Crippen LogP contribution in [-0.2, 0) is 11.3 Å². The van der Waals surface area contributed by atoms with Gasteiger partial charge in [0.25, 0.3) is 0 Å². The number of aromatic nitrogens is 2. The molecule has 78 valence electrons. The lowest BCUT2D eigenvalue weighted by Gasteiger charge is -1.99. The monoisotopic (exact) mass is 200 g/mol. The van der Waals surface area contributed by atoms with Crippen LogP contribution in [0.5, 0.6) is 0 Å². The maximum Gasteiger partial charge on any atom is 0.344 e. The van der Waals surface area contributed by atoms with Crippen molar-refractivity contribution < 1.29 is 13.9 Å². The van der Waals surface area contributed by atoms with Crippen molar-refractivity contribution in [3.8, 4) is 0 Å². The van der Waals surface area contributed by atoms with Crippen molar-refractivity contribution >= 4 is 5.97 Å². The normalized spacial score (nSPS) is 10.2. The molecule has 0 aliphatic heterocycles. The molecule has 0 unspecified atom stereocenters. The minimum Gasteiger partial charge on any atom is -0.462 e. The molecule has 0 N–H and O–H groups in total. The molecule has 14 heavy (non-hydrogen) atoms. The zero-order valence-electron chi connectivity index (χ0n) is 8.29. The summed E-state index contributed by atoms with van der Waals surface area (Å²) in [5, 5.41) is 3.51. The Morgan fingerprint density at radius 1 is 1.64 bits per heavy atom. The van der Waals surface area contributed by atoms with E-state index in [1.54, 1.807) is 0 Å². The molecule has 0 fully saturated rings. The summed E-state index contributed by atoms with van der Waals surface area (Å²) >= 11 is 0. The van der Waals surface area contributed by atoms with E-state index in [0.29, 0.717) is 13.2 Å². The van der Waals surface area contributed by atoms with Gasteiger partial charge in [-0.15, -0.1) is 5.10 Å². The van der Waals surface area contributed by atoms with Crippen molar-refractivity contribution in [2.75, 3.05) is 6.61 Å². The number of halogens is 1. The van der Waals surface area contributed by atoms with Crippen LogP contribution in [0.3, 0.4) is 0 Å². The van der Waals surface area contributed by atoms with E-state index in [9.17, 15) is 9.18 Å². The number of carbonyl (C=O) groups excluding carboxylic acids is 1.